The van der Waals surface area contributed by atoms with Crippen LogP contribution in [0.25, 0.3) is 10.8 Å². The van der Waals surface area contributed by atoms with E-state index in [4.69, 9.17) is 25.8 Å². The molecule has 5 N–H and O–H groups in total. The fraction of sp³-hybridized carbons (Fsp3) is 0.250. The van der Waals surface area contributed by atoms with E-state index in [1.54, 1.807) is 42.3 Å². The number of nitrogens with one attached hydrogen (secondary N) is 2. The number of hydrogen-bond acceptors (Lipinski definition) is 7. The van der Waals surface area contributed by atoms with Crippen LogP contribution in [0.1, 0.15) is 17.7 Å². The van der Waals surface area contributed by atoms with Crippen LogP contribution in [0.2, 0.25) is 0 Å². The van der Waals surface area contributed by atoms with E-state index in [0.717, 1.165) is 16.3 Å². The molecule has 3 aromatic rings. The summed E-state index contributed by atoms with van der Waals surface area (Å²) in [6.07, 6.45) is -3.19. The summed E-state index contributed by atoms with van der Waals surface area (Å²) in [5.74, 6) is -2.58. The highest BCUT2D eigenvalue weighted by atomic mass is 32.2. The minimum absolute atomic E-state index is 0.0877. The fourth-order valence-electron chi connectivity index (χ4n) is 3.70. The molecule has 1 fully saturated rings. The summed E-state index contributed by atoms with van der Waals surface area (Å²) < 4.78 is 65.4. The molecule has 2 aromatic carbocycles. The van der Waals surface area contributed by atoms with Gasteiger partial charge in [-0.05, 0) is 59.2 Å². The van der Waals surface area contributed by atoms with Gasteiger partial charge in [0.1, 0.15) is 23.3 Å². The monoisotopic (exact) mass is 567 g/mol. The molecule has 15 heteroatoms. The van der Waals surface area contributed by atoms with Crippen molar-refractivity contribution in [3.05, 3.63) is 66.0 Å². The predicted molar refractivity (Wildman–Crippen MR) is 134 cm³/mol. The zero-order valence-electron chi connectivity index (χ0n) is 20.4. The summed E-state index contributed by atoms with van der Waals surface area (Å²) in [5, 5.41) is 16.2. The van der Waals surface area contributed by atoms with Crippen molar-refractivity contribution in [1.29, 1.82) is 5.41 Å². The maximum absolute atomic E-state index is 13.0. The van der Waals surface area contributed by atoms with Gasteiger partial charge in [0.2, 0.25) is 15.9 Å². The van der Waals surface area contributed by atoms with Crippen LogP contribution < -0.4 is 15.2 Å². The summed E-state index contributed by atoms with van der Waals surface area (Å²) >= 11 is 0. The minimum Gasteiger partial charge on any atom is -0.497 e. The second kappa shape index (κ2) is 11.7. The molecule has 0 spiro atoms. The number of halogens is 3. The number of amidine groups is 1. The summed E-state index contributed by atoms with van der Waals surface area (Å²) in [7, 11) is -2.35. The molecular formula is C24H24F3N5O6S. The number of sulfonamides is 1. The molecule has 0 unspecified atom stereocenters. The van der Waals surface area contributed by atoms with Crippen molar-refractivity contribution in [3.63, 3.8) is 0 Å². The molecule has 1 saturated heterocycles. The number of amides is 1. The molecule has 2 heterocycles. The van der Waals surface area contributed by atoms with Gasteiger partial charge in [-0.2, -0.15) is 17.9 Å². The number of rotatable bonds is 7. The molecule has 1 aromatic heterocycles. The molecule has 39 heavy (non-hydrogen) atoms. The average Bonchev–Trinajstić information content (AvgIpc) is 3.21. The van der Waals surface area contributed by atoms with E-state index in [-0.39, 0.29) is 23.2 Å². The van der Waals surface area contributed by atoms with Crippen molar-refractivity contribution in [3.8, 4) is 5.75 Å². The molecule has 208 valence electrons. The lowest BCUT2D eigenvalue weighted by Crippen LogP contribution is -2.41. The molecule has 1 atom stereocenters. The second-order valence-electron chi connectivity index (χ2n) is 8.36. The van der Waals surface area contributed by atoms with E-state index >= 15 is 0 Å². The standard InChI is InChI=1S/C22H23N5O4S.C2HF3O2/c1-31-17-4-2-15-3-5-18(12-16(15)11-17)32(29,30)26-19-7-9-27(22(19)28)13-14-6-8-25-20(10-14)21(23)24;3-2(4,5)1(6)7/h2-6,8,10-12,19,26H,7,9,13H2,1H3,(H3,23,24);(H,6,7)/t19-;/m0./s1. The molecule has 1 aliphatic heterocycles. The molecular weight excluding hydrogens is 543 g/mol. The average molecular weight is 568 g/mol. The number of carboxylic acid groups (broad SMARTS) is 1. The van der Waals surface area contributed by atoms with Gasteiger partial charge >= 0.3 is 12.1 Å². The Morgan fingerprint density at radius 3 is 2.49 bits per heavy atom. The maximum Gasteiger partial charge on any atom is 0.490 e. The van der Waals surface area contributed by atoms with E-state index in [0.29, 0.717) is 24.4 Å². The highest BCUT2D eigenvalue weighted by molar-refractivity contribution is 7.89. The van der Waals surface area contributed by atoms with Crippen molar-refractivity contribution in [2.75, 3.05) is 13.7 Å². The van der Waals surface area contributed by atoms with Crippen molar-refractivity contribution in [1.82, 2.24) is 14.6 Å². The number of pyridine rings is 1. The number of nitrogens with zero attached hydrogens (tertiary/aromatic N) is 2. The van der Waals surface area contributed by atoms with Crippen LogP contribution in [0.4, 0.5) is 13.2 Å². The number of likely N-dealkylation sites (tertiary alicyclic amines) is 1. The van der Waals surface area contributed by atoms with Crippen LogP contribution in [0.15, 0.2) is 59.6 Å². The number of benzene rings is 2. The van der Waals surface area contributed by atoms with E-state index in [1.807, 2.05) is 12.1 Å². The zero-order chi connectivity index (χ0) is 29.0. The molecule has 0 bridgehead atoms. The Balaban J connectivity index is 0.000000532. The van der Waals surface area contributed by atoms with Crippen LogP contribution in [0.3, 0.4) is 0 Å². The third-order valence-electron chi connectivity index (χ3n) is 5.64. The van der Waals surface area contributed by atoms with E-state index in [2.05, 4.69) is 9.71 Å². The number of ether oxygens (including phenoxy) is 1. The number of methoxy groups -OCH3 is 1. The van der Waals surface area contributed by atoms with Crippen LogP contribution in [0.5, 0.6) is 5.75 Å². The van der Waals surface area contributed by atoms with E-state index in [1.165, 1.54) is 12.3 Å². The van der Waals surface area contributed by atoms with E-state index < -0.39 is 28.2 Å². The first-order valence-corrected chi connectivity index (χ1v) is 12.7. The van der Waals surface area contributed by atoms with Crippen molar-refractivity contribution >= 4 is 38.5 Å². The first kappa shape index (κ1) is 29.3. The molecule has 0 radical (unpaired) electrons. The maximum atomic E-state index is 13.0. The van der Waals surface area contributed by atoms with Crippen molar-refractivity contribution in [2.24, 2.45) is 5.73 Å². The number of nitrogens with two attached hydrogens (primary N) is 1. The largest absolute Gasteiger partial charge is 0.497 e. The summed E-state index contributed by atoms with van der Waals surface area (Å²) in [6, 6.07) is 12.8. The normalized spacial score (nSPS) is 15.5. The predicted octanol–water partition coefficient (Wildman–Crippen LogP) is 2.24. The number of nitrogen functional groups attached to an aromatic ring is 1. The lowest BCUT2D eigenvalue weighted by atomic mass is 10.1. The van der Waals surface area contributed by atoms with Gasteiger partial charge in [-0.3, -0.25) is 15.2 Å². The highest BCUT2D eigenvalue weighted by Gasteiger charge is 2.38. The lowest BCUT2D eigenvalue weighted by Gasteiger charge is -2.18. The topological polar surface area (TPSA) is 176 Å². The molecule has 4 rings (SSSR count). The van der Waals surface area contributed by atoms with Gasteiger partial charge < -0.3 is 20.5 Å². The SMILES string of the molecule is COc1ccc2ccc(S(=O)(=O)N[C@H]3CCN(Cc4ccnc(C(=N)N)c4)C3=O)cc2c1.O=C(O)C(F)(F)F. The quantitative estimate of drug-likeness (QED) is 0.248. The number of hydrogen-bond donors (Lipinski definition) is 4. The number of carboxylic acids is 1. The second-order valence-corrected chi connectivity index (χ2v) is 10.1. The molecule has 11 nitrogen and oxygen atoms in total. The Morgan fingerprint density at radius 1 is 1.21 bits per heavy atom. The van der Waals surface area contributed by atoms with Gasteiger partial charge in [0.05, 0.1) is 12.0 Å². The Bertz CT molecular complexity index is 1510. The van der Waals surface area contributed by atoms with Gasteiger partial charge in [-0.1, -0.05) is 12.1 Å². The van der Waals surface area contributed by atoms with E-state index in [9.17, 15) is 26.4 Å². The highest BCUT2D eigenvalue weighted by Crippen LogP contribution is 2.25. The van der Waals surface area contributed by atoms with Crippen molar-refractivity contribution in [2.45, 2.75) is 30.1 Å². The minimum atomic E-state index is -5.08. The first-order chi connectivity index (χ1) is 18.2. The number of fused-ring (bicyclic) bond motifs is 1. The van der Waals surface area contributed by atoms with Gasteiger partial charge in [0.25, 0.3) is 0 Å². The third kappa shape index (κ3) is 7.42. The Kier molecular flexibility index (Phi) is 8.76. The number of aliphatic carboxylic acids is 1. The fourth-order valence-corrected chi connectivity index (χ4v) is 4.96. The Morgan fingerprint density at radius 2 is 1.87 bits per heavy atom. The van der Waals surface area contributed by atoms with Crippen LogP contribution in [-0.4, -0.2) is 67.0 Å². The molecule has 1 aliphatic rings. The van der Waals surface area contributed by atoms with Crippen LogP contribution in [0, 0.1) is 5.41 Å². The molecule has 0 aliphatic carbocycles. The smallest absolute Gasteiger partial charge is 0.490 e. The summed E-state index contributed by atoms with van der Waals surface area (Å²) in [5.41, 5.74) is 6.57. The van der Waals surface area contributed by atoms with Gasteiger partial charge in [0.15, 0.2) is 0 Å². The first-order valence-electron chi connectivity index (χ1n) is 11.2. The number of aromatic nitrogens is 1. The van der Waals surface area contributed by atoms with Gasteiger partial charge in [0, 0.05) is 19.3 Å². The summed E-state index contributed by atoms with van der Waals surface area (Å²) in [6.45, 7) is 0.703. The van der Waals surface area contributed by atoms with Crippen LogP contribution in [-0.2, 0) is 26.2 Å². The lowest BCUT2D eigenvalue weighted by molar-refractivity contribution is -0.192. The summed E-state index contributed by atoms with van der Waals surface area (Å²) in [4.78, 5) is 27.4. The van der Waals surface area contributed by atoms with Crippen LogP contribution >= 0.6 is 0 Å². The van der Waals surface area contributed by atoms with Crippen molar-refractivity contribution < 1.29 is 41.0 Å². The molecule has 0 saturated carbocycles. The third-order valence-corrected chi connectivity index (χ3v) is 7.11. The Hall–Kier alpha value is -4.24. The number of carbonyl (C=O) groups is 2. The number of carbonyl (C=O) groups excluding carboxylic acids is 1. The Labute approximate surface area is 220 Å². The molecule has 1 amide bonds. The zero-order valence-corrected chi connectivity index (χ0v) is 21.2. The number of alkyl halides is 3. The van der Waals surface area contributed by atoms with Gasteiger partial charge in [-0.25, -0.2) is 13.2 Å². The van der Waals surface area contributed by atoms with Gasteiger partial charge in [-0.15, -0.1) is 0 Å².